The van der Waals surface area contributed by atoms with Crippen molar-refractivity contribution in [3.8, 4) is 0 Å². The van der Waals surface area contributed by atoms with Crippen LogP contribution in [0, 0.1) is 0 Å². The first kappa shape index (κ1) is 15.0. The van der Waals surface area contributed by atoms with Crippen molar-refractivity contribution in [3.63, 3.8) is 0 Å². The number of rotatable bonds is 7. The van der Waals surface area contributed by atoms with Gasteiger partial charge in [0, 0.05) is 31.4 Å². The van der Waals surface area contributed by atoms with Crippen LogP contribution in [-0.2, 0) is 4.74 Å². The predicted octanol–water partition coefficient (Wildman–Crippen LogP) is 2.96. The van der Waals surface area contributed by atoms with E-state index in [0.717, 1.165) is 19.6 Å². The molecule has 0 saturated carbocycles. The van der Waals surface area contributed by atoms with E-state index in [1.807, 2.05) is 13.0 Å². The lowest BCUT2D eigenvalue weighted by Gasteiger charge is -2.33. The molecule has 3 heteroatoms. The van der Waals surface area contributed by atoms with Gasteiger partial charge in [0.2, 0.25) is 0 Å². The molecule has 18 heavy (non-hydrogen) atoms. The maximum absolute atomic E-state index is 6.06. The third kappa shape index (κ3) is 3.72. The fraction of sp³-hybridized carbons (Fsp3) is 0.600. The molecule has 0 radical (unpaired) electrons. The van der Waals surface area contributed by atoms with Crippen LogP contribution in [0.2, 0.25) is 0 Å². The molecular weight excluding hydrogens is 224 g/mol. The van der Waals surface area contributed by atoms with Gasteiger partial charge in [-0.25, -0.2) is 0 Å². The molecule has 0 aromatic heterocycles. The van der Waals surface area contributed by atoms with Crippen molar-refractivity contribution < 1.29 is 4.74 Å². The Balaban J connectivity index is 3.03. The summed E-state index contributed by atoms with van der Waals surface area (Å²) < 4.78 is 5.22. The Morgan fingerprint density at radius 3 is 2.50 bits per heavy atom. The molecule has 0 aliphatic heterocycles. The molecule has 0 aliphatic carbocycles. The third-order valence-electron chi connectivity index (χ3n) is 3.40. The number of methoxy groups -OCH3 is 1. The van der Waals surface area contributed by atoms with E-state index in [0.29, 0.717) is 6.04 Å². The summed E-state index contributed by atoms with van der Waals surface area (Å²) in [7, 11) is 1.74. The quantitative estimate of drug-likeness (QED) is 0.808. The van der Waals surface area contributed by atoms with E-state index in [2.05, 4.69) is 36.9 Å². The standard InChI is InChI=1S/C15H26N2O/c1-5-12(2)17(10-11-18-4)15-9-7-6-8-14(15)13(3)16/h6-9,12-13H,5,10-11,16H2,1-4H3. The number of nitrogens with two attached hydrogens (primary N) is 1. The number of hydrogen-bond donors (Lipinski definition) is 1. The topological polar surface area (TPSA) is 38.5 Å². The van der Waals surface area contributed by atoms with Crippen LogP contribution in [0.25, 0.3) is 0 Å². The van der Waals surface area contributed by atoms with Crippen LogP contribution in [0.15, 0.2) is 24.3 Å². The Bertz CT molecular complexity index is 352. The number of nitrogens with zero attached hydrogens (tertiary/aromatic N) is 1. The Morgan fingerprint density at radius 1 is 1.28 bits per heavy atom. The molecule has 1 aromatic rings. The van der Waals surface area contributed by atoms with Crippen molar-refractivity contribution in [2.45, 2.75) is 39.3 Å². The van der Waals surface area contributed by atoms with Crippen LogP contribution in [0.3, 0.4) is 0 Å². The molecule has 0 fully saturated rings. The minimum atomic E-state index is 0.0512. The number of ether oxygens (including phenoxy) is 1. The molecule has 2 unspecified atom stereocenters. The lowest BCUT2D eigenvalue weighted by Crippen LogP contribution is -2.36. The summed E-state index contributed by atoms with van der Waals surface area (Å²) in [6.07, 6.45) is 1.11. The van der Waals surface area contributed by atoms with E-state index in [9.17, 15) is 0 Å². The Hall–Kier alpha value is -1.06. The van der Waals surface area contributed by atoms with Gasteiger partial charge in [0.15, 0.2) is 0 Å². The minimum absolute atomic E-state index is 0.0512. The van der Waals surface area contributed by atoms with Crippen LogP contribution in [0.5, 0.6) is 0 Å². The third-order valence-corrected chi connectivity index (χ3v) is 3.40. The number of para-hydroxylation sites is 1. The second kappa shape index (κ2) is 7.39. The maximum Gasteiger partial charge on any atom is 0.0637 e. The predicted molar refractivity (Wildman–Crippen MR) is 78.0 cm³/mol. The molecule has 0 saturated heterocycles. The van der Waals surface area contributed by atoms with Gasteiger partial charge >= 0.3 is 0 Å². The van der Waals surface area contributed by atoms with Crippen LogP contribution >= 0.6 is 0 Å². The molecule has 2 N–H and O–H groups in total. The van der Waals surface area contributed by atoms with E-state index in [-0.39, 0.29) is 6.04 Å². The summed E-state index contributed by atoms with van der Waals surface area (Å²) >= 11 is 0. The summed E-state index contributed by atoms with van der Waals surface area (Å²) in [6, 6.07) is 8.93. The lowest BCUT2D eigenvalue weighted by atomic mass is 10.0. The van der Waals surface area contributed by atoms with E-state index in [1.165, 1.54) is 11.3 Å². The minimum Gasteiger partial charge on any atom is -0.383 e. The zero-order chi connectivity index (χ0) is 13.5. The highest BCUT2D eigenvalue weighted by atomic mass is 16.5. The molecule has 102 valence electrons. The Kier molecular flexibility index (Phi) is 6.16. The zero-order valence-corrected chi connectivity index (χ0v) is 12.0. The highest BCUT2D eigenvalue weighted by molar-refractivity contribution is 5.55. The van der Waals surface area contributed by atoms with Crippen molar-refractivity contribution in [2.75, 3.05) is 25.2 Å². The average molecular weight is 250 g/mol. The van der Waals surface area contributed by atoms with Crippen LogP contribution < -0.4 is 10.6 Å². The van der Waals surface area contributed by atoms with Crippen molar-refractivity contribution in [1.29, 1.82) is 0 Å². The molecule has 0 spiro atoms. The summed E-state index contributed by atoms with van der Waals surface area (Å²) in [4.78, 5) is 2.39. The van der Waals surface area contributed by atoms with Crippen molar-refractivity contribution in [3.05, 3.63) is 29.8 Å². The van der Waals surface area contributed by atoms with Gasteiger partial charge in [0.25, 0.3) is 0 Å². The summed E-state index contributed by atoms with van der Waals surface area (Å²) in [5.41, 5.74) is 8.50. The van der Waals surface area contributed by atoms with Crippen LogP contribution in [-0.4, -0.2) is 26.3 Å². The molecule has 0 bridgehead atoms. The molecule has 0 heterocycles. The lowest BCUT2D eigenvalue weighted by molar-refractivity contribution is 0.203. The van der Waals surface area contributed by atoms with Crippen molar-refractivity contribution >= 4 is 5.69 Å². The molecule has 3 nitrogen and oxygen atoms in total. The zero-order valence-electron chi connectivity index (χ0n) is 12.0. The first-order valence-electron chi connectivity index (χ1n) is 6.71. The van der Waals surface area contributed by atoms with Crippen LogP contribution in [0.1, 0.15) is 38.8 Å². The molecule has 2 atom stereocenters. The molecular formula is C15H26N2O. The fourth-order valence-electron chi connectivity index (χ4n) is 2.12. The summed E-state index contributed by atoms with van der Waals surface area (Å²) in [5, 5.41) is 0. The maximum atomic E-state index is 6.06. The average Bonchev–Trinajstić information content (AvgIpc) is 2.39. The van der Waals surface area contributed by atoms with E-state index in [1.54, 1.807) is 7.11 Å². The second-order valence-electron chi connectivity index (χ2n) is 4.79. The highest BCUT2D eigenvalue weighted by Crippen LogP contribution is 2.27. The highest BCUT2D eigenvalue weighted by Gasteiger charge is 2.17. The van der Waals surface area contributed by atoms with Crippen molar-refractivity contribution in [1.82, 2.24) is 0 Å². The van der Waals surface area contributed by atoms with E-state index < -0.39 is 0 Å². The van der Waals surface area contributed by atoms with Crippen LogP contribution in [0.4, 0.5) is 5.69 Å². The van der Waals surface area contributed by atoms with Gasteiger partial charge < -0.3 is 15.4 Å². The molecule has 0 aliphatic rings. The fourth-order valence-corrected chi connectivity index (χ4v) is 2.12. The summed E-state index contributed by atoms with van der Waals surface area (Å²) in [6.45, 7) is 8.11. The SMILES string of the molecule is CCC(C)N(CCOC)c1ccccc1C(C)N. The molecule has 0 amide bonds. The number of hydrogen-bond acceptors (Lipinski definition) is 3. The van der Waals surface area contributed by atoms with Gasteiger partial charge in [0.05, 0.1) is 6.61 Å². The Morgan fingerprint density at radius 2 is 1.94 bits per heavy atom. The summed E-state index contributed by atoms with van der Waals surface area (Å²) in [5.74, 6) is 0. The number of benzene rings is 1. The monoisotopic (exact) mass is 250 g/mol. The number of anilines is 1. The van der Waals surface area contributed by atoms with E-state index in [4.69, 9.17) is 10.5 Å². The van der Waals surface area contributed by atoms with Gasteiger partial charge in [-0.2, -0.15) is 0 Å². The van der Waals surface area contributed by atoms with Gasteiger partial charge in [-0.1, -0.05) is 25.1 Å². The normalized spacial score (nSPS) is 14.3. The molecule has 1 rings (SSSR count). The van der Waals surface area contributed by atoms with Gasteiger partial charge in [-0.05, 0) is 31.9 Å². The molecule has 1 aromatic carbocycles. The first-order valence-corrected chi connectivity index (χ1v) is 6.71. The second-order valence-corrected chi connectivity index (χ2v) is 4.79. The smallest absolute Gasteiger partial charge is 0.0637 e. The van der Waals surface area contributed by atoms with Gasteiger partial charge in [0.1, 0.15) is 0 Å². The van der Waals surface area contributed by atoms with E-state index >= 15 is 0 Å². The Labute approximate surface area is 111 Å². The van der Waals surface area contributed by atoms with Crippen molar-refractivity contribution in [2.24, 2.45) is 5.73 Å². The largest absolute Gasteiger partial charge is 0.383 e. The van der Waals surface area contributed by atoms with Gasteiger partial charge in [-0.15, -0.1) is 0 Å². The van der Waals surface area contributed by atoms with Gasteiger partial charge in [-0.3, -0.25) is 0 Å². The first-order chi connectivity index (χ1) is 8.61.